The number of thiophene rings is 1. The number of aromatic nitrogens is 2. The molecule has 4 aromatic rings. The van der Waals surface area contributed by atoms with Gasteiger partial charge in [0.15, 0.2) is 11.4 Å². The van der Waals surface area contributed by atoms with Crippen LogP contribution in [0.25, 0.3) is 22.1 Å². The molecule has 0 fully saturated rings. The maximum Gasteiger partial charge on any atom is 0.247 e. The molecule has 0 bridgehead atoms. The van der Waals surface area contributed by atoms with Crippen LogP contribution in [0, 0.1) is 0 Å². The second-order valence-corrected chi connectivity index (χ2v) is 8.07. The number of nitrogens with one attached hydrogen (secondary N) is 1. The molecule has 24 heavy (non-hydrogen) atoms. The summed E-state index contributed by atoms with van der Waals surface area (Å²) in [4.78, 5) is 9.32. The predicted molar refractivity (Wildman–Crippen MR) is 92.3 cm³/mol. The second-order valence-electron chi connectivity index (χ2n) is 5.12. The van der Waals surface area contributed by atoms with Crippen LogP contribution in [0.2, 0.25) is 0 Å². The zero-order valence-electron chi connectivity index (χ0n) is 12.3. The van der Waals surface area contributed by atoms with E-state index in [4.69, 9.17) is 9.56 Å². The monoisotopic (exact) mass is 360 g/mol. The summed E-state index contributed by atoms with van der Waals surface area (Å²) in [6.07, 6.45) is 1.47. The number of furan rings is 1. The highest BCUT2D eigenvalue weighted by atomic mass is 32.2. The van der Waals surface area contributed by atoms with Crippen molar-refractivity contribution in [2.45, 2.75) is 10.8 Å². The van der Waals surface area contributed by atoms with Crippen LogP contribution in [0.5, 0.6) is 0 Å². The summed E-state index contributed by atoms with van der Waals surface area (Å²) in [5.74, 6) is 0.557. The number of para-hydroxylation sites is 1. The Labute approximate surface area is 141 Å². The van der Waals surface area contributed by atoms with Gasteiger partial charge < -0.3 is 9.73 Å². The van der Waals surface area contributed by atoms with E-state index in [0.29, 0.717) is 17.9 Å². The van der Waals surface area contributed by atoms with Crippen LogP contribution in [-0.4, -0.2) is 18.4 Å². The molecule has 0 spiro atoms. The Bertz CT molecular complexity index is 1150. The number of fused-ring (bicyclic) bond motifs is 3. The van der Waals surface area contributed by atoms with Crippen LogP contribution in [0.15, 0.2) is 51.4 Å². The number of nitrogens with two attached hydrogens (primary N) is 1. The van der Waals surface area contributed by atoms with E-state index >= 15 is 0 Å². The van der Waals surface area contributed by atoms with Gasteiger partial charge in [-0.2, -0.15) is 0 Å². The van der Waals surface area contributed by atoms with Crippen molar-refractivity contribution in [3.05, 3.63) is 47.6 Å². The predicted octanol–water partition coefficient (Wildman–Crippen LogP) is 2.70. The standard InChI is InChI=1S/C15H12N4O3S2/c16-24(20,21)12-6-5-9(23-12)7-17-15-14-13(18-8-19-15)10-3-1-2-4-11(10)22-14/h1-6,8H,7H2,(H2,16,20,21)(H,17,18,19). The van der Waals surface area contributed by atoms with Crippen molar-refractivity contribution in [1.82, 2.24) is 9.97 Å². The Kier molecular flexibility index (Phi) is 3.48. The zero-order valence-corrected chi connectivity index (χ0v) is 13.9. The number of sulfonamides is 1. The number of benzene rings is 1. The first kappa shape index (κ1) is 15.1. The third kappa shape index (κ3) is 2.62. The van der Waals surface area contributed by atoms with Gasteiger partial charge in [0.05, 0.1) is 6.54 Å². The number of hydrogen-bond donors (Lipinski definition) is 2. The Morgan fingerprint density at radius 2 is 2.00 bits per heavy atom. The highest BCUT2D eigenvalue weighted by Gasteiger charge is 2.14. The molecule has 0 radical (unpaired) electrons. The van der Waals surface area contributed by atoms with Crippen LogP contribution >= 0.6 is 11.3 Å². The summed E-state index contributed by atoms with van der Waals surface area (Å²) in [7, 11) is -3.67. The van der Waals surface area contributed by atoms with E-state index in [0.717, 1.165) is 32.7 Å². The fourth-order valence-corrected chi connectivity index (χ4v) is 4.14. The number of anilines is 1. The van der Waals surface area contributed by atoms with Gasteiger partial charge in [0.25, 0.3) is 0 Å². The molecular weight excluding hydrogens is 348 g/mol. The normalized spacial score (nSPS) is 12.0. The van der Waals surface area contributed by atoms with Gasteiger partial charge in [-0.15, -0.1) is 11.3 Å². The Morgan fingerprint density at radius 1 is 1.17 bits per heavy atom. The molecule has 3 aromatic heterocycles. The number of nitrogens with zero attached hydrogens (tertiary/aromatic N) is 2. The lowest BCUT2D eigenvalue weighted by atomic mass is 10.2. The van der Waals surface area contributed by atoms with Crippen LogP contribution in [0.1, 0.15) is 4.88 Å². The lowest BCUT2D eigenvalue weighted by Gasteiger charge is -2.03. The summed E-state index contributed by atoms with van der Waals surface area (Å²) in [5, 5.41) is 9.20. The maximum absolute atomic E-state index is 11.3. The van der Waals surface area contributed by atoms with E-state index in [-0.39, 0.29) is 4.21 Å². The summed E-state index contributed by atoms with van der Waals surface area (Å²) in [6, 6.07) is 10.8. The van der Waals surface area contributed by atoms with E-state index in [1.165, 1.54) is 12.4 Å². The average molecular weight is 360 g/mol. The van der Waals surface area contributed by atoms with E-state index in [9.17, 15) is 8.42 Å². The van der Waals surface area contributed by atoms with Crippen molar-refractivity contribution >= 4 is 49.2 Å². The molecule has 0 aliphatic heterocycles. The smallest absolute Gasteiger partial charge is 0.247 e. The summed E-state index contributed by atoms with van der Waals surface area (Å²) in [6.45, 7) is 0.406. The van der Waals surface area contributed by atoms with Crippen LogP contribution in [0.4, 0.5) is 5.82 Å². The van der Waals surface area contributed by atoms with Gasteiger partial charge in [0.1, 0.15) is 21.6 Å². The Balaban J connectivity index is 1.66. The first-order valence-electron chi connectivity index (χ1n) is 7.00. The largest absolute Gasteiger partial charge is 0.450 e. The first-order valence-corrected chi connectivity index (χ1v) is 9.36. The van der Waals surface area contributed by atoms with Gasteiger partial charge in [-0.05, 0) is 24.3 Å². The highest BCUT2D eigenvalue weighted by molar-refractivity contribution is 7.91. The third-order valence-corrected chi connectivity index (χ3v) is 6.03. The summed E-state index contributed by atoms with van der Waals surface area (Å²) in [5.41, 5.74) is 2.05. The lowest BCUT2D eigenvalue weighted by molar-refractivity contribution is 0.600. The molecular formula is C15H12N4O3S2. The molecule has 0 aliphatic rings. The molecule has 3 heterocycles. The van der Waals surface area contributed by atoms with Gasteiger partial charge in [0, 0.05) is 10.3 Å². The lowest BCUT2D eigenvalue weighted by Crippen LogP contribution is -2.09. The molecule has 0 amide bonds. The molecule has 7 nitrogen and oxygen atoms in total. The molecule has 9 heteroatoms. The Morgan fingerprint density at radius 3 is 2.79 bits per heavy atom. The van der Waals surface area contributed by atoms with Crippen LogP contribution in [0.3, 0.4) is 0 Å². The van der Waals surface area contributed by atoms with Gasteiger partial charge in [-0.25, -0.2) is 23.5 Å². The van der Waals surface area contributed by atoms with Crippen LogP contribution < -0.4 is 10.5 Å². The SMILES string of the molecule is NS(=O)(=O)c1ccc(CNc2ncnc3c2oc2ccccc23)s1. The molecule has 4 rings (SSSR count). The van der Waals surface area contributed by atoms with Crippen LogP contribution in [-0.2, 0) is 16.6 Å². The van der Waals surface area contributed by atoms with E-state index < -0.39 is 10.0 Å². The van der Waals surface area contributed by atoms with Gasteiger partial charge in [0.2, 0.25) is 10.0 Å². The van der Waals surface area contributed by atoms with E-state index in [1.807, 2.05) is 24.3 Å². The van der Waals surface area contributed by atoms with Crippen molar-refractivity contribution in [3.63, 3.8) is 0 Å². The highest BCUT2D eigenvalue weighted by Crippen LogP contribution is 2.30. The van der Waals surface area contributed by atoms with Gasteiger partial charge in [-0.1, -0.05) is 12.1 Å². The summed E-state index contributed by atoms with van der Waals surface area (Å²) >= 11 is 1.12. The minimum atomic E-state index is -3.67. The molecule has 122 valence electrons. The van der Waals surface area contributed by atoms with Gasteiger partial charge >= 0.3 is 0 Å². The number of rotatable bonds is 4. The third-order valence-electron chi connectivity index (χ3n) is 3.51. The van der Waals surface area contributed by atoms with E-state index in [2.05, 4.69) is 15.3 Å². The molecule has 1 aromatic carbocycles. The molecule has 0 aliphatic carbocycles. The number of hydrogen-bond acceptors (Lipinski definition) is 7. The van der Waals surface area contributed by atoms with Crippen molar-refractivity contribution in [2.75, 3.05) is 5.32 Å². The van der Waals surface area contributed by atoms with E-state index in [1.54, 1.807) is 6.07 Å². The fraction of sp³-hybridized carbons (Fsp3) is 0.0667. The van der Waals surface area contributed by atoms with Crippen molar-refractivity contribution < 1.29 is 12.8 Å². The second kappa shape index (κ2) is 5.55. The van der Waals surface area contributed by atoms with Crippen molar-refractivity contribution in [2.24, 2.45) is 5.14 Å². The molecule has 0 atom stereocenters. The van der Waals surface area contributed by atoms with Gasteiger partial charge in [-0.3, -0.25) is 0 Å². The van der Waals surface area contributed by atoms with Crippen molar-refractivity contribution in [3.8, 4) is 0 Å². The Hall–Kier alpha value is -2.49. The maximum atomic E-state index is 11.3. The molecule has 3 N–H and O–H groups in total. The molecule has 0 saturated carbocycles. The first-order chi connectivity index (χ1) is 11.5. The fourth-order valence-electron chi connectivity index (χ4n) is 2.43. The minimum Gasteiger partial charge on any atom is -0.450 e. The zero-order chi connectivity index (χ0) is 16.7. The summed E-state index contributed by atoms with van der Waals surface area (Å²) < 4.78 is 28.6. The molecule has 0 saturated heterocycles. The van der Waals surface area contributed by atoms with Crippen molar-refractivity contribution in [1.29, 1.82) is 0 Å². The quantitative estimate of drug-likeness (QED) is 0.579. The topological polar surface area (TPSA) is 111 Å². The minimum absolute atomic E-state index is 0.135. The number of primary sulfonamides is 1. The average Bonchev–Trinajstić information content (AvgIpc) is 3.17. The molecule has 0 unspecified atom stereocenters.